The third-order valence-electron chi connectivity index (χ3n) is 4.14. The van der Waals surface area contributed by atoms with E-state index >= 15 is 0 Å². The normalized spacial score (nSPS) is 20.8. The van der Waals surface area contributed by atoms with Crippen LogP contribution in [0.15, 0.2) is 30.3 Å². The number of hydrogen-bond donors (Lipinski definition) is 1. The Balaban J connectivity index is 2.23. The minimum Gasteiger partial charge on any atom is -0.378 e. The van der Waals surface area contributed by atoms with Crippen LogP contribution >= 0.6 is 0 Å². The van der Waals surface area contributed by atoms with Crippen LogP contribution in [-0.4, -0.2) is 27.9 Å². The summed E-state index contributed by atoms with van der Waals surface area (Å²) in [6, 6.07) is 8.72. The van der Waals surface area contributed by atoms with Crippen molar-refractivity contribution in [1.29, 1.82) is 0 Å². The van der Waals surface area contributed by atoms with Gasteiger partial charge in [-0.3, -0.25) is 14.5 Å². The monoisotopic (exact) mass is 303 g/mol. The van der Waals surface area contributed by atoms with Crippen LogP contribution in [0.1, 0.15) is 57.6 Å². The van der Waals surface area contributed by atoms with Gasteiger partial charge in [0, 0.05) is 12.5 Å². The molecule has 1 aliphatic rings. The van der Waals surface area contributed by atoms with Crippen molar-refractivity contribution in [3.63, 3.8) is 0 Å². The SMILES string of the molecule is CC(C)C[C@H]1CCCCC(=O)N1C(=O)C(O)c1ccccc1. The molecule has 0 bridgehead atoms. The van der Waals surface area contributed by atoms with E-state index in [4.69, 9.17) is 0 Å². The molecule has 1 saturated heterocycles. The maximum atomic E-state index is 12.7. The van der Waals surface area contributed by atoms with Crippen LogP contribution in [0.5, 0.6) is 0 Å². The third-order valence-corrected chi connectivity index (χ3v) is 4.14. The van der Waals surface area contributed by atoms with Crippen molar-refractivity contribution in [2.45, 2.75) is 58.1 Å². The molecule has 2 rings (SSSR count). The van der Waals surface area contributed by atoms with Crippen molar-refractivity contribution < 1.29 is 14.7 Å². The number of aliphatic hydroxyl groups excluding tert-OH is 1. The molecule has 22 heavy (non-hydrogen) atoms. The van der Waals surface area contributed by atoms with Gasteiger partial charge in [0.1, 0.15) is 0 Å². The van der Waals surface area contributed by atoms with Gasteiger partial charge in [-0.2, -0.15) is 0 Å². The first kappa shape index (κ1) is 16.7. The quantitative estimate of drug-likeness (QED) is 0.930. The van der Waals surface area contributed by atoms with E-state index in [0.717, 1.165) is 25.7 Å². The molecule has 1 aliphatic heterocycles. The van der Waals surface area contributed by atoms with Gasteiger partial charge in [-0.05, 0) is 30.7 Å². The molecule has 2 atom stereocenters. The lowest BCUT2D eigenvalue weighted by Gasteiger charge is -2.31. The van der Waals surface area contributed by atoms with Crippen molar-refractivity contribution in [2.24, 2.45) is 5.92 Å². The Bertz CT molecular complexity index is 512. The second-order valence-corrected chi connectivity index (χ2v) is 6.44. The van der Waals surface area contributed by atoms with E-state index in [9.17, 15) is 14.7 Å². The number of benzene rings is 1. The number of rotatable bonds is 4. The molecule has 0 spiro atoms. The third kappa shape index (κ3) is 3.95. The molecule has 0 aromatic heterocycles. The molecule has 120 valence electrons. The highest BCUT2D eigenvalue weighted by Gasteiger charge is 2.35. The van der Waals surface area contributed by atoms with E-state index in [-0.39, 0.29) is 11.9 Å². The summed E-state index contributed by atoms with van der Waals surface area (Å²) >= 11 is 0. The number of imide groups is 1. The number of amides is 2. The van der Waals surface area contributed by atoms with Gasteiger partial charge in [-0.1, -0.05) is 50.6 Å². The first-order chi connectivity index (χ1) is 10.5. The van der Waals surface area contributed by atoms with E-state index in [0.29, 0.717) is 17.9 Å². The van der Waals surface area contributed by atoms with Crippen molar-refractivity contribution in [1.82, 2.24) is 4.90 Å². The molecule has 0 radical (unpaired) electrons. The minimum atomic E-state index is -1.27. The Morgan fingerprint density at radius 1 is 1.27 bits per heavy atom. The van der Waals surface area contributed by atoms with E-state index in [1.54, 1.807) is 24.3 Å². The second-order valence-electron chi connectivity index (χ2n) is 6.44. The molecular formula is C18H25NO3. The molecule has 4 nitrogen and oxygen atoms in total. The fourth-order valence-electron chi connectivity index (χ4n) is 3.09. The molecule has 1 aromatic rings. The number of carbonyl (C=O) groups is 2. The first-order valence-corrected chi connectivity index (χ1v) is 8.09. The summed E-state index contributed by atoms with van der Waals surface area (Å²) < 4.78 is 0. The van der Waals surface area contributed by atoms with E-state index in [2.05, 4.69) is 13.8 Å². The zero-order valence-electron chi connectivity index (χ0n) is 13.4. The molecule has 4 heteroatoms. The highest BCUT2D eigenvalue weighted by atomic mass is 16.3. The maximum absolute atomic E-state index is 12.7. The standard InChI is InChI=1S/C18H25NO3/c1-13(2)12-15-10-6-7-11-16(20)19(15)18(22)17(21)14-8-4-3-5-9-14/h3-5,8-9,13,15,17,21H,6-7,10-12H2,1-2H3/t15-,17?/m1/s1. The Morgan fingerprint density at radius 2 is 1.95 bits per heavy atom. The van der Waals surface area contributed by atoms with Gasteiger partial charge in [0.2, 0.25) is 5.91 Å². The van der Waals surface area contributed by atoms with Gasteiger partial charge in [0.25, 0.3) is 5.91 Å². The maximum Gasteiger partial charge on any atom is 0.262 e. The number of aliphatic hydroxyl groups is 1. The summed E-state index contributed by atoms with van der Waals surface area (Å²) in [5.41, 5.74) is 0.535. The zero-order valence-corrected chi connectivity index (χ0v) is 13.4. The van der Waals surface area contributed by atoms with Crippen LogP contribution in [0.2, 0.25) is 0 Å². The topological polar surface area (TPSA) is 57.6 Å². The molecule has 1 unspecified atom stereocenters. The van der Waals surface area contributed by atoms with Crippen LogP contribution in [0.4, 0.5) is 0 Å². The van der Waals surface area contributed by atoms with E-state index < -0.39 is 12.0 Å². The van der Waals surface area contributed by atoms with Crippen molar-refractivity contribution in [3.05, 3.63) is 35.9 Å². The highest BCUT2D eigenvalue weighted by Crippen LogP contribution is 2.26. The predicted octanol–water partition coefficient (Wildman–Crippen LogP) is 3.06. The zero-order chi connectivity index (χ0) is 16.1. The Kier molecular flexibility index (Phi) is 5.72. The molecule has 1 aromatic carbocycles. The molecule has 0 saturated carbocycles. The summed E-state index contributed by atoms with van der Waals surface area (Å²) in [7, 11) is 0. The Hall–Kier alpha value is -1.68. The lowest BCUT2D eigenvalue weighted by atomic mass is 9.97. The van der Waals surface area contributed by atoms with Crippen LogP contribution in [-0.2, 0) is 9.59 Å². The fourth-order valence-corrected chi connectivity index (χ4v) is 3.09. The molecule has 1 heterocycles. The second kappa shape index (κ2) is 7.54. The summed E-state index contributed by atoms with van der Waals surface area (Å²) in [6.45, 7) is 4.18. The largest absolute Gasteiger partial charge is 0.378 e. The van der Waals surface area contributed by atoms with E-state index in [1.165, 1.54) is 4.90 Å². The fraction of sp³-hybridized carbons (Fsp3) is 0.556. The predicted molar refractivity (Wildman–Crippen MR) is 85.0 cm³/mol. The highest BCUT2D eigenvalue weighted by molar-refractivity contribution is 5.98. The molecule has 2 amide bonds. The number of likely N-dealkylation sites (tertiary alicyclic amines) is 1. The average molecular weight is 303 g/mol. The van der Waals surface area contributed by atoms with Crippen molar-refractivity contribution in [3.8, 4) is 0 Å². The number of carbonyl (C=O) groups excluding carboxylic acids is 2. The molecular weight excluding hydrogens is 278 g/mol. The van der Waals surface area contributed by atoms with Gasteiger partial charge >= 0.3 is 0 Å². The molecule has 1 N–H and O–H groups in total. The van der Waals surface area contributed by atoms with E-state index in [1.807, 2.05) is 6.07 Å². The average Bonchev–Trinajstić information content (AvgIpc) is 2.67. The van der Waals surface area contributed by atoms with Crippen LogP contribution < -0.4 is 0 Å². The summed E-state index contributed by atoms with van der Waals surface area (Å²) in [5, 5.41) is 10.4. The summed E-state index contributed by atoms with van der Waals surface area (Å²) in [5.74, 6) is -0.230. The van der Waals surface area contributed by atoms with Gasteiger partial charge < -0.3 is 5.11 Å². The van der Waals surface area contributed by atoms with Gasteiger partial charge in [-0.15, -0.1) is 0 Å². The van der Waals surface area contributed by atoms with Crippen molar-refractivity contribution >= 4 is 11.8 Å². The minimum absolute atomic E-state index is 0.0964. The smallest absolute Gasteiger partial charge is 0.262 e. The van der Waals surface area contributed by atoms with Crippen LogP contribution in [0.3, 0.4) is 0 Å². The Morgan fingerprint density at radius 3 is 2.59 bits per heavy atom. The summed E-state index contributed by atoms with van der Waals surface area (Å²) in [6.07, 6.45) is 2.52. The summed E-state index contributed by atoms with van der Waals surface area (Å²) in [4.78, 5) is 26.4. The number of hydrogen-bond acceptors (Lipinski definition) is 3. The van der Waals surface area contributed by atoms with Crippen LogP contribution in [0, 0.1) is 5.92 Å². The molecule has 1 fully saturated rings. The lowest BCUT2D eigenvalue weighted by molar-refractivity contribution is -0.153. The number of nitrogens with zero attached hydrogens (tertiary/aromatic N) is 1. The van der Waals surface area contributed by atoms with Crippen molar-refractivity contribution in [2.75, 3.05) is 0 Å². The first-order valence-electron chi connectivity index (χ1n) is 8.09. The van der Waals surface area contributed by atoms with Crippen LogP contribution in [0.25, 0.3) is 0 Å². The van der Waals surface area contributed by atoms with Gasteiger partial charge in [0.05, 0.1) is 0 Å². The Labute approximate surface area is 132 Å². The van der Waals surface area contributed by atoms with Gasteiger partial charge in [-0.25, -0.2) is 0 Å². The molecule has 0 aliphatic carbocycles. The van der Waals surface area contributed by atoms with Gasteiger partial charge in [0.15, 0.2) is 6.10 Å². The lowest BCUT2D eigenvalue weighted by Crippen LogP contribution is -2.46.